The first kappa shape index (κ1) is 15.3. The van der Waals surface area contributed by atoms with Crippen LogP contribution in [0.1, 0.15) is 24.4 Å². The number of carbonyl (C=O) groups excluding carboxylic acids is 1. The van der Waals surface area contributed by atoms with Gasteiger partial charge in [0.15, 0.2) is 0 Å². The van der Waals surface area contributed by atoms with E-state index in [2.05, 4.69) is 33.7 Å². The molecule has 1 aliphatic rings. The average molecular weight is 298 g/mol. The number of aliphatic hydroxyl groups excluding tert-OH is 1. The maximum Gasteiger partial charge on any atom is 0.245 e. The molecule has 0 aliphatic carbocycles. The summed E-state index contributed by atoms with van der Waals surface area (Å²) in [7, 11) is 0. The lowest BCUT2D eigenvalue weighted by Crippen LogP contribution is -2.43. The summed E-state index contributed by atoms with van der Waals surface area (Å²) in [6, 6.07) is 0.107. The molecule has 1 aliphatic heterocycles. The highest BCUT2D eigenvalue weighted by atomic mass is 32.1. The number of rotatable bonds is 5. The van der Waals surface area contributed by atoms with Gasteiger partial charge in [0.25, 0.3) is 0 Å². The maximum absolute atomic E-state index is 11.4. The molecular formula is C13H22N4O2S. The van der Waals surface area contributed by atoms with Crippen LogP contribution in [0.4, 0.5) is 0 Å². The van der Waals surface area contributed by atoms with Crippen LogP contribution in [0.2, 0.25) is 0 Å². The second-order valence-electron chi connectivity index (χ2n) is 5.72. The number of hydrogen-bond donors (Lipinski definition) is 2. The summed E-state index contributed by atoms with van der Waals surface area (Å²) in [6.45, 7) is 8.46. The number of aliphatic hydroxyl groups is 1. The molecule has 112 valence electrons. The van der Waals surface area contributed by atoms with E-state index >= 15 is 0 Å². The smallest absolute Gasteiger partial charge is 0.245 e. The van der Waals surface area contributed by atoms with E-state index in [1.165, 1.54) is 16.4 Å². The summed E-state index contributed by atoms with van der Waals surface area (Å²) >= 11 is 1.44. The standard InChI is InChI=1S/C13H22N4O2S/c1-8(2)10-4-17(5-11(10)14-13(19)7-18)6-12-9(3)15-16-20-12/h8,10-11,18H,4-7H2,1-3H3,(H,14,19)/t10-,11+/m1/s1. The zero-order valence-electron chi connectivity index (χ0n) is 12.2. The third-order valence-corrected chi connectivity index (χ3v) is 4.71. The fraction of sp³-hybridized carbons (Fsp3) is 0.769. The van der Waals surface area contributed by atoms with Gasteiger partial charge >= 0.3 is 0 Å². The highest BCUT2D eigenvalue weighted by Crippen LogP contribution is 2.26. The Balaban J connectivity index is 2.00. The summed E-state index contributed by atoms with van der Waals surface area (Å²) in [5.74, 6) is 0.606. The molecule has 20 heavy (non-hydrogen) atoms. The molecule has 0 radical (unpaired) electrons. The van der Waals surface area contributed by atoms with Gasteiger partial charge in [0.1, 0.15) is 6.61 Å². The summed E-state index contributed by atoms with van der Waals surface area (Å²) in [5.41, 5.74) is 0.985. The van der Waals surface area contributed by atoms with E-state index in [1.54, 1.807) is 0 Å². The van der Waals surface area contributed by atoms with Crippen LogP contribution in [0.25, 0.3) is 0 Å². The molecule has 6 nitrogen and oxygen atoms in total. The number of likely N-dealkylation sites (tertiary alicyclic amines) is 1. The molecule has 1 fully saturated rings. The number of hydrogen-bond acceptors (Lipinski definition) is 6. The van der Waals surface area contributed by atoms with Crippen LogP contribution < -0.4 is 5.32 Å². The number of carbonyl (C=O) groups is 1. The molecule has 1 amide bonds. The number of nitrogens with one attached hydrogen (secondary N) is 1. The van der Waals surface area contributed by atoms with E-state index < -0.39 is 6.61 Å². The van der Waals surface area contributed by atoms with Gasteiger partial charge in [-0.25, -0.2) is 0 Å². The molecule has 2 atom stereocenters. The van der Waals surface area contributed by atoms with E-state index in [0.29, 0.717) is 11.8 Å². The zero-order valence-corrected chi connectivity index (χ0v) is 13.0. The molecule has 1 saturated heterocycles. The van der Waals surface area contributed by atoms with E-state index in [0.717, 1.165) is 25.3 Å². The molecule has 0 aromatic carbocycles. The topological polar surface area (TPSA) is 78.4 Å². The number of aromatic nitrogens is 2. The second-order valence-corrected chi connectivity index (χ2v) is 6.55. The third-order valence-electron chi connectivity index (χ3n) is 3.90. The van der Waals surface area contributed by atoms with Gasteiger partial charge in [0, 0.05) is 25.7 Å². The van der Waals surface area contributed by atoms with Gasteiger partial charge in [-0.2, -0.15) is 0 Å². The highest BCUT2D eigenvalue weighted by Gasteiger charge is 2.35. The van der Waals surface area contributed by atoms with Gasteiger partial charge in [0.2, 0.25) is 5.91 Å². The first-order chi connectivity index (χ1) is 9.51. The van der Waals surface area contributed by atoms with Crippen molar-refractivity contribution in [3.63, 3.8) is 0 Å². The van der Waals surface area contributed by atoms with Crippen LogP contribution in [-0.2, 0) is 11.3 Å². The number of nitrogens with zero attached hydrogens (tertiary/aromatic N) is 3. The van der Waals surface area contributed by atoms with E-state index in [4.69, 9.17) is 5.11 Å². The molecular weight excluding hydrogens is 276 g/mol. The zero-order chi connectivity index (χ0) is 14.7. The van der Waals surface area contributed by atoms with Crippen molar-refractivity contribution < 1.29 is 9.90 Å². The fourth-order valence-corrected chi connectivity index (χ4v) is 3.40. The SMILES string of the molecule is Cc1nnsc1CN1C[C@H](NC(=O)CO)[C@@H](C(C)C)C1. The minimum Gasteiger partial charge on any atom is -0.387 e. The van der Waals surface area contributed by atoms with Gasteiger partial charge in [0.05, 0.1) is 10.6 Å². The van der Waals surface area contributed by atoms with E-state index in [1.807, 2.05) is 6.92 Å². The summed E-state index contributed by atoms with van der Waals surface area (Å²) in [6.07, 6.45) is 0. The van der Waals surface area contributed by atoms with Crippen LogP contribution in [0.5, 0.6) is 0 Å². The van der Waals surface area contributed by atoms with Gasteiger partial charge < -0.3 is 10.4 Å². The third kappa shape index (κ3) is 3.53. The Kier molecular flexibility index (Phi) is 5.06. The van der Waals surface area contributed by atoms with Crippen molar-refractivity contribution in [1.29, 1.82) is 0 Å². The van der Waals surface area contributed by atoms with Crippen molar-refractivity contribution in [2.75, 3.05) is 19.7 Å². The predicted molar refractivity (Wildman–Crippen MR) is 77.3 cm³/mol. The van der Waals surface area contributed by atoms with Crippen LogP contribution in [0.3, 0.4) is 0 Å². The fourth-order valence-electron chi connectivity index (χ4n) is 2.72. The Labute approximate surface area is 123 Å². The summed E-state index contributed by atoms with van der Waals surface area (Å²) in [4.78, 5) is 14.9. The minimum atomic E-state index is -0.445. The monoisotopic (exact) mass is 298 g/mol. The molecule has 2 heterocycles. The normalized spacial score (nSPS) is 23.4. The first-order valence-corrected chi connectivity index (χ1v) is 7.69. The quantitative estimate of drug-likeness (QED) is 0.823. The molecule has 0 bridgehead atoms. The molecule has 2 rings (SSSR count). The number of aryl methyl sites for hydroxylation is 1. The summed E-state index contributed by atoms with van der Waals surface area (Å²) in [5, 5.41) is 15.8. The van der Waals surface area contributed by atoms with Gasteiger partial charge in [-0.1, -0.05) is 18.3 Å². The molecule has 0 spiro atoms. The van der Waals surface area contributed by atoms with Crippen molar-refractivity contribution in [3.05, 3.63) is 10.6 Å². The van der Waals surface area contributed by atoms with Crippen LogP contribution in [0, 0.1) is 18.8 Å². The van der Waals surface area contributed by atoms with Gasteiger partial charge in [-0.3, -0.25) is 9.69 Å². The van der Waals surface area contributed by atoms with Crippen molar-refractivity contribution in [3.8, 4) is 0 Å². The Bertz CT molecular complexity index is 463. The van der Waals surface area contributed by atoms with Crippen LogP contribution in [0.15, 0.2) is 0 Å². The Morgan fingerprint density at radius 1 is 1.55 bits per heavy atom. The predicted octanol–water partition coefficient (Wildman–Crippen LogP) is 0.411. The van der Waals surface area contributed by atoms with Gasteiger partial charge in [-0.15, -0.1) is 5.10 Å². The molecule has 7 heteroatoms. The Morgan fingerprint density at radius 2 is 2.30 bits per heavy atom. The first-order valence-electron chi connectivity index (χ1n) is 6.91. The minimum absolute atomic E-state index is 0.107. The average Bonchev–Trinajstić information content (AvgIpc) is 2.97. The van der Waals surface area contributed by atoms with E-state index in [9.17, 15) is 4.79 Å². The van der Waals surface area contributed by atoms with Crippen LogP contribution in [-0.4, -0.2) is 51.2 Å². The second kappa shape index (κ2) is 6.60. The lowest BCUT2D eigenvalue weighted by Gasteiger charge is -2.22. The van der Waals surface area contributed by atoms with Gasteiger partial charge in [-0.05, 0) is 30.3 Å². The Hall–Kier alpha value is -1.05. The van der Waals surface area contributed by atoms with Crippen LogP contribution >= 0.6 is 11.5 Å². The van der Waals surface area contributed by atoms with Crippen molar-refractivity contribution in [1.82, 2.24) is 19.8 Å². The highest BCUT2D eigenvalue weighted by molar-refractivity contribution is 7.05. The van der Waals surface area contributed by atoms with Crippen molar-refractivity contribution >= 4 is 17.4 Å². The van der Waals surface area contributed by atoms with Crippen molar-refractivity contribution in [2.45, 2.75) is 33.4 Å². The Morgan fingerprint density at radius 3 is 2.85 bits per heavy atom. The maximum atomic E-state index is 11.4. The van der Waals surface area contributed by atoms with Crippen molar-refractivity contribution in [2.24, 2.45) is 11.8 Å². The number of amides is 1. The molecule has 0 unspecified atom stereocenters. The molecule has 0 saturated carbocycles. The van der Waals surface area contributed by atoms with E-state index in [-0.39, 0.29) is 11.9 Å². The summed E-state index contributed by atoms with van der Waals surface area (Å²) < 4.78 is 3.96. The lowest BCUT2D eigenvalue weighted by atomic mass is 9.91. The largest absolute Gasteiger partial charge is 0.387 e. The molecule has 2 N–H and O–H groups in total. The molecule has 1 aromatic heterocycles. The molecule has 1 aromatic rings. The lowest BCUT2D eigenvalue weighted by molar-refractivity contribution is -0.124.